The summed E-state index contributed by atoms with van der Waals surface area (Å²) in [6, 6.07) is 0. The monoisotopic (exact) mass is 1450 g/mol. The number of esters is 2. The molecular weight excluding hydrogens is 1350 g/mol. The molecule has 4 saturated carbocycles. The highest BCUT2D eigenvalue weighted by molar-refractivity contribution is 5.82. The molecule has 0 amide bonds. The fourth-order valence-electron chi connectivity index (χ4n) is 15.1. The molecule has 22 N–H and O–H groups in total. The van der Waals surface area contributed by atoms with Crippen molar-refractivity contribution in [3.8, 4) is 0 Å². The first-order valence-corrected chi connectivity index (χ1v) is 34.2. The van der Waals surface area contributed by atoms with Gasteiger partial charge in [0.05, 0.1) is 86.5 Å². The van der Waals surface area contributed by atoms with Crippen LogP contribution in [0.4, 0.5) is 0 Å². The Morgan fingerprint density at radius 3 is 1.24 bits per heavy atom. The second-order valence-electron chi connectivity index (χ2n) is 28.2. The van der Waals surface area contributed by atoms with Crippen LogP contribution in [0.5, 0.6) is 0 Å². The second kappa shape index (κ2) is 34.8. The van der Waals surface area contributed by atoms with Crippen molar-refractivity contribution in [2.45, 2.75) is 304 Å². The summed E-state index contributed by atoms with van der Waals surface area (Å²) in [5, 5.41) is 235. The van der Waals surface area contributed by atoms with Gasteiger partial charge in [0.25, 0.3) is 0 Å². The van der Waals surface area contributed by atoms with E-state index in [0.717, 1.165) is 12.2 Å². The van der Waals surface area contributed by atoms with Gasteiger partial charge in [-0.15, -0.1) is 0 Å². The van der Waals surface area contributed by atoms with Gasteiger partial charge < -0.3 is 174 Å². The topological polar surface area (TPSA) is 599 Å². The highest BCUT2D eigenvalue weighted by Gasteiger charge is 2.56. The number of aliphatic hydroxyl groups is 22. The third-order valence-electron chi connectivity index (χ3n) is 21.2. The van der Waals surface area contributed by atoms with Crippen LogP contribution in [-0.2, 0) is 71.2 Å². The van der Waals surface area contributed by atoms with Gasteiger partial charge in [0.2, 0.25) is 0 Å². The Bertz CT molecular complexity index is 2640. The summed E-state index contributed by atoms with van der Waals surface area (Å²) in [5.74, 6) is -4.12. The number of hydrogen-bond donors (Lipinski definition) is 22. The van der Waals surface area contributed by atoms with Crippen molar-refractivity contribution in [2.24, 2.45) is 23.7 Å². The molecule has 0 bridgehead atoms. The number of ether oxygens (including phenoxy) is 13. The molecule has 6 aliphatic heterocycles. The van der Waals surface area contributed by atoms with Gasteiger partial charge in [0.1, 0.15) is 135 Å². The molecule has 0 aromatic carbocycles. The highest BCUT2D eigenvalue weighted by Crippen LogP contribution is 2.45. The van der Waals surface area contributed by atoms with Crippen molar-refractivity contribution in [2.75, 3.05) is 26.4 Å². The standard InChI is InChI=1S/C63H100O37/c1-21-42(72)48(78)53(83)59(91-21)90-20-39-47(77)52(82)57(87)63(100-39)96-35-16-26-27(65)14-25(15-34(26)93-58(35)24-12-30(68)43(73)31(69)13-24)92-60-54(84)50(80)45(75)37(98-60)18-88-40(70)8-4-23-3-7-33(29(67)11-23)95-62-56(86)51(81)46(76)38(99-62)19-89-41(71)9-5-22-2-6-32(28(66)10-22)94-61-55(85)49(79)44(74)36(17-64)97-61/h4-5,8-9,21-39,42-69,72-87H,2-3,6-7,10-20H2,1H3. The Balaban J connectivity index is 0.671. The lowest BCUT2D eigenvalue weighted by molar-refractivity contribution is -0.348. The highest BCUT2D eigenvalue weighted by atomic mass is 16.8. The smallest absolute Gasteiger partial charge is 0.330 e. The van der Waals surface area contributed by atoms with E-state index >= 15 is 0 Å². The third-order valence-corrected chi connectivity index (χ3v) is 21.2. The molecule has 4 aliphatic carbocycles. The molecule has 37 nitrogen and oxygen atoms in total. The molecule has 10 aliphatic rings. The van der Waals surface area contributed by atoms with Gasteiger partial charge in [0, 0.05) is 30.9 Å². The first-order chi connectivity index (χ1) is 47.4. The van der Waals surface area contributed by atoms with Crippen molar-refractivity contribution >= 4 is 11.9 Å². The molecule has 6 saturated heterocycles. The first-order valence-electron chi connectivity index (χ1n) is 34.2. The summed E-state index contributed by atoms with van der Waals surface area (Å²) in [6.07, 6.45) is -48.9. The molecular formula is C63H100O37. The van der Waals surface area contributed by atoms with E-state index in [2.05, 4.69) is 0 Å². The van der Waals surface area contributed by atoms with Crippen LogP contribution < -0.4 is 0 Å². The van der Waals surface area contributed by atoms with Crippen molar-refractivity contribution in [3.05, 3.63) is 24.3 Å². The Morgan fingerprint density at radius 1 is 0.370 bits per heavy atom. The number of carbonyl (C=O) groups is 2. The Kier molecular flexibility index (Phi) is 27.7. The van der Waals surface area contributed by atoms with Crippen molar-refractivity contribution < 1.29 is 184 Å². The summed E-state index contributed by atoms with van der Waals surface area (Å²) >= 11 is 0. The number of hydrogen-bond acceptors (Lipinski definition) is 37. The summed E-state index contributed by atoms with van der Waals surface area (Å²) in [6.45, 7) is -1.12. The Hall–Kier alpha value is -2.90. The molecule has 6 heterocycles. The Morgan fingerprint density at radius 2 is 0.780 bits per heavy atom. The molecule has 100 heavy (non-hydrogen) atoms. The predicted molar refractivity (Wildman–Crippen MR) is 321 cm³/mol. The average Bonchev–Trinajstić information content (AvgIpc) is 0.767. The molecule has 10 fully saturated rings. The largest absolute Gasteiger partial charge is 0.460 e. The first kappa shape index (κ1) is 79.7. The minimum Gasteiger partial charge on any atom is -0.460 e. The van der Waals surface area contributed by atoms with Crippen LogP contribution in [0.2, 0.25) is 0 Å². The van der Waals surface area contributed by atoms with E-state index in [0.29, 0.717) is 12.8 Å². The lowest BCUT2D eigenvalue weighted by Gasteiger charge is -2.52. The molecule has 37 heteroatoms. The molecule has 10 rings (SSSR count). The van der Waals surface area contributed by atoms with Crippen LogP contribution >= 0.6 is 0 Å². The van der Waals surface area contributed by atoms with Crippen molar-refractivity contribution in [3.63, 3.8) is 0 Å². The lowest BCUT2D eigenvalue weighted by Crippen LogP contribution is -2.63. The van der Waals surface area contributed by atoms with Crippen molar-refractivity contribution in [1.29, 1.82) is 0 Å². The van der Waals surface area contributed by atoms with Crippen LogP contribution in [0.25, 0.3) is 0 Å². The van der Waals surface area contributed by atoms with E-state index in [-0.39, 0.29) is 63.7 Å². The molecule has 0 spiro atoms. The van der Waals surface area contributed by atoms with Gasteiger partial charge >= 0.3 is 11.9 Å². The number of aliphatic hydroxyl groups excluding tert-OH is 22. The summed E-state index contributed by atoms with van der Waals surface area (Å²) in [4.78, 5) is 25.9. The van der Waals surface area contributed by atoms with Crippen LogP contribution in [0.1, 0.15) is 77.6 Å². The SMILES string of the molecule is CC1OC(OCC2OC(OC3CC4C(O)CC(OC5OC(COC(=O)C=CC6CCC(OC7OC(COC(=O)C=CC8CCC(OC9OC(CO)C(O)C(O)C9O)C(O)C8)C(O)C(O)C7O)C(O)C6)C(O)C(O)C5O)CC4OC3C3CC(O)C(O)C(O)C3)C(O)C(O)C2O)C(O)C(O)C1O. The molecule has 39 atom stereocenters. The maximum absolute atomic E-state index is 13.1. The van der Waals surface area contributed by atoms with E-state index in [1.165, 1.54) is 19.1 Å². The van der Waals surface area contributed by atoms with E-state index in [9.17, 15) is 122 Å². The fourth-order valence-corrected chi connectivity index (χ4v) is 15.1. The van der Waals surface area contributed by atoms with E-state index < -0.39 is 283 Å². The molecule has 0 aromatic rings. The predicted octanol–water partition coefficient (Wildman–Crippen LogP) is -10.5. The number of rotatable bonds is 21. The number of allylic oxidation sites excluding steroid dienone is 2. The molecule has 0 aromatic heterocycles. The van der Waals surface area contributed by atoms with Crippen LogP contribution in [0.15, 0.2) is 24.3 Å². The summed E-state index contributed by atoms with van der Waals surface area (Å²) in [7, 11) is 0. The number of carbonyl (C=O) groups excluding carboxylic acids is 2. The quantitative estimate of drug-likeness (QED) is 0.0375. The van der Waals surface area contributed by atoms with Gasteiger partial charge in [-0.3, -0.25) is 0 Å². The minimum absolute atomic E-state index is 0.0141. The zero-order valence-corrected chi connectivity index (χ0v) is 54.5. The normalized spacial score (nSPS) is 51.3. The van der Waals surface area contributed by atoms with Gasteiger partial charge in [-0.05, 0) is 82.5 Å². The molecule has 39 unspecified atom stereocenters. The summed E-state index contributed by atoms with van der Waals surface area (Å²) in [5.41, 5.74) is 0. The lowest BCUT2D eigenvalue weighted by atomic mass is 9.72. The van der Waals surface area contributed by atoms with Gasteiger partial charge in [0.15, 0.2) is 31.5 Å². The maximum Gasteiger partial charge on any atom is 0.330 e. The van der Waals surface area contributed by atoms with Crippen LogP contribution in [0, 0.1) is 23.7 Å². The van der Waals surface area contributed by atoms with Gasteiger partial charge in [-0.25, -0.2) is 9.59 Å². The maximum atomic E-state index is 13.1. The molecule has 0 radical (unpaired) electrons. The third kappa shape index (κ3) is 18.4. The minimum atomic E-state index is -1.90. The van der Waals surface area contributed by atoms with Gasteiger partial charge in [-0.2, -0.15) is 0 Å². The second-order valence-corrected chi connectivity index (χ2v) is 28.2. The van der Waals surface area contributed by atoms with Crippen LogP contribution in [-0.4, -0.2) is 377 Å². The Labute approximate surface area is 572 Å². The average molecular weight is 1450 g/mol. The van der Waals surface area contributed by atoms with E-state index in [4.69, 9.17) is 61.6 Å². The zero-order valence-electron chi connectivity index (χ0n) is 54.5. The van der Waals surface area contributed by atoms with Gasteiger partial charge in [-0.1, -0.05) is 12.2 Å². The van der Waals surface area contributed by atoms with E-state index in [1.54, 1.807) is 0 Å². The summed E-state index contributed by atoms with van der Waals surface area (Å²) < 4.78 is 75.3. The van der Waals surface area contributed by atoms with Crippen molar-refractivity contribution in [1.82, 2.24) is 0 Å². The van der Waals surface area contributed by atoms with Crippen LogP contribution in [0.3, 0.4) is 0 Å². The molecule has 574 valence electrons. The zero-order chi connectivity index (χ0) is 72.5. The van der Waals surface area contributed by atoms with E-state index in [1.807, 2.05) is 0 Å². The fraction of sp³-hybridized carbons (Fsp3) is 0.905. The number of fused-ring (bicyclic) bond motifs is 1.